The first-order valence-corrected chi connectivity index (χ1v) is 18.5. The molecular weight excluding hydrogens is 615 g/mol. The van der Waals surface area contributed by atoms with Crippen LogP contribution in [0.25, 0.3) is 20.3 Å². The van der Waals surface area contributed by atoms with Gasteiger partial charge in [-0.25, -0.2) is 4.98 Å². The molecule has 45 heavy (non-hydrogen) atoms. The zero-order valence-corrected chi connectivity index (χ0v) is 28.2. The lowest BCUT2D eigenvalue weighted by Gasteiger charge is -2.44. The van der Waals surface area contributed by atoms with Gasteiger partial charge in [-0.05, 0) is 105 Å². The van der Waals surface area contributed by atoms with Crippen molar-refractivity contribution < 1.29 is 15.0 Å². The molecule has 4 unspecified atom stereocenters. The number of aromatic nitrogens is 1. The predicted octanol–water partition coefficient (Wildman–Crippen LogP) is 9.57. The Kier molecular flexibility index (Phi) is 8.51. The minimum absolute atomic E-state index is 0.0161. The van der Waals surface area contributed by atoms with E-state index in [9.17, 15) is 15.0 Å². The molecule has 232 valence electrons. The fraction of sp³-hybridized carbons (Fsp3) is 0.368. The Hall–Kier alpha value is -2.81. The molecule has 2 bridgehead atoms. The Balaban J connectivity index is 1.29. The van der Waals surface area contributed by atoms with Gasteiger partial charge in [0, 0.05) is 21.4 Å². The second-order valence-electron chi connectivity index (χ2n) is 13.2. The van der Waals surface area contributed by atoms with E-state index in [1.807, 2.05) is 42.5 Å². The largest absolute Gasteiger partial charge is 0.393 e. The summed E-state index contributed by atoms with van der Waals surface area (Å²) in [5.41, 5.74) is 3.63. The lowest BCUT2D eigenvalue weighted by molar-refractivity contribution is -0.0422. The van der Waals surface area contributed by atoms with Crippen molar-refractivity contribution in [3.05, 3.63) is 106 Å². The molecule has 4 nitrogen and oxygen atoms in total. The standard InChI is InChI=1S/C38H39NO3S3/c1-24-8-7-18-37(2)30(17-19-38(37,42)23-43-36-39-31-10-4-6-12-33(31)45-36)28-16-14-25(20-27(40)15-13-24)21-29(28)35(41)34-22-26-9-3-5-11-32(26)44-34/h3-6,8-12,14,16,21-22,27,30,40,42H,7,13,15,17-20,23H2,1-2H3. The fourth-order valence-electron chi connectivity index (χ4n) is 7.49. The van der Waals surface area contributed by atoms with Gasteiger partial charge in [0.15, 0.2) is 4.34 Å². The third-order valence-electron chi connectivity index (χ3n) is 10.3. The van der Waals surface area contributed by atoms with Crippen LogP contribution in [0.4, 0.5) is 0 Å². The van der Waals surface area contributed by atoms with E-state index >= 15 is 0 Å². The van der Waals surface area contributed by atoms with Crippen LogP contribution in [-0.2, 0) is 6.42 Å². The lowest BCUT2D eigenvalue weighted by atomic mass is 9.65. The number of hydrogen-bond acceptors (Lipinski definition) is 7. The van der Waals surface area contributed by atoms with Crippen molar-refractivity contribution in [1.82, 2.24) is 4.98 Å². The molecule has 2 N–H and O–H groups in total. The molecule has 3 aliphatic rings. The maximum Gasteiger partial charge on any atom is 0.203 e. The zero-order chi connectivity index (χ0) is 31.2. The summed E-state index contributed by atoms with van der Waals surface area (Å²) in [5, 5.41) is 24.6. The molecular formula is C38H39NO3S3. The van der Waals surface area contributed by atoms with E-state index in [1.54, 1.807) is 34.4 Å². The summed E-state index contributed by atoms with van der Waals surface area (Å²) in [6.45, 7) is 4.40. The van der Waals surface area contributed by atoms with Gasteiger partial charge in [0.1, 0.15) is 0 Å². The number of allylic oxidation sites excluding steroid dienone is 2. The Bertz CT molecular complexity index is 1840. The number of benzene rings is 3. The van der Waals surface area contributed by atoms with Gasteiger partial charge in [0.05, 0.1) is 26.8 Å². The van der Waals surface area contributed by atoms with Crippen LogP contribution < -0.4 is 0 Å². The highest BCUT2D eigenvalue weighted by Gasteiger charge is 2.56. The molecule has 7 heteroatoms. The maximum absolute atomic E-state index is 14.4. The van der Waals surface area contributed by atoms with Gasteiger partial charge in [-0.3, -0.25) is 4.79 Å². The number of para-hydroxylation sites is 1. The number of carbonyl (C=O) groups is 1. The number of aliphatic hydroxyl groups is 2. The van der Waals surface area contributed by atoms with Gasteiger partial charge in [0.2, 0.25) is 5.78 Å². The van der Waals surface area contributed by atoms with E-state index < -0.39 is 17.1 Å². The van der Waals surface area contributed by atoms with E-state index in [1.165, 1.54) is 5.57 Å². The molecule has 1 saturated carbocycles. The Morgan fingerprint density at radius 3 is 2.62 bits per heavy atom. The number of thiophene rings is 1. The number of ketones is 1. The van der Waals surface area contributed by atoms with Gasteiger partial charge in [-0.1, -0.05) is 72.8 Å². The van der Waals surface area contributed by atoms with Crippen molar-refractivity contribution in [3.63, 3.8) is 0 Å². The first kappa shape index (κ1) is 30.8. The van der Waals surface area contributed by atoms with Crippen molar-refractivity contribution in [2.75, 3.05) is 5.75 Å². The summed E-state index contributed by atoms with van der Waals surface area (Å²) in [4.78, 5) is 20.0. The van der Waals surface area contributed by atoms with Crippen molar-refractivity contribution in [2.45, 2.75) is 80.8 Å². The number of hydrogen-bond donors (Lipinski definition) is 2. The molecule has 3 aromatic carbocycles. The van der Waals surface area contributed by atoms with Crippen LogP contribution in [0.3, 0.4) is 0 Å². The zero-order valence-electron chi connectivity index (χ0n) is 25.8. The molecule has 0 spiro atoms. The van der Waals surface area contributed by atoms with E-state index in [4.69, 9.17) is 4.98 Å². The van der Waals surface area contributed by atoms with Crippen molar-refractivity contribution in [3.8, 4) is 0 Å². The number of thioether (sulfide) groups is 1. The molecule has 2 aromatic heterocycles. The number of fused-ring (bicyclic) bond motifs is 10. The van der Waals surface area contributed by atoms with Gasteiger partial charge in [-0.15, -0.1) is 22.7 Å². The number of thiazole rings is 1. The number of nitrogens with zero attached hydrogens (tertiary/aromatic N) is 1. The third-order valence-corrected chi connectivity index (χ3v) is 13.8. The molecule has 0 saturated heterocycles. The Morgan fingerprint density at radius 1 is 1.00 bits per heavy atom. The minimum atomic E-state index is -0.925. The molecule has 2 heterocycles. The molecule has 1 fully saturated rings. The first-order chi connectivity index (χ1) is 21.7. The summed E-state index contributed by atoms with van der Waals surface area (Å²) in [6.07, 6.45) is 7.02. The van der Waals surface area contributed by atoms with Gasteiger partial charge >= 0.3 is 0 Å². The SMILES string of the molecule is CC1=CCCC2(C)C(CCC2(O)CSc2nc3ccccc3s2)c2ccc(cc2C(=O)c2cc3ccccc3s2)CC(O)CC1. The highest BCUT2D eigenvalue weighted by atomic mass is 32.2. The summed E-state index contributed by atoms with van der Waals surface area (Å²) < 4.78 is 3.25. The lowest BCUT2D eigenvalue weighted by Crippen LogP contribution is -2.46. The highest BCUT2D eigenvalue weighted by molar-refractivity contribution is 8.01. The normalized spacial score (nSPS) is 25.7. The van der Waals surface area contributed by atoms with Gasteiger partial charge in [-0.2, -0.15) is 0 Å². The summed E-state index contributed by atoms with van der Waals surface area (Å²) in [6, 6.07) is 24.6. The maximum atomic E-state index is 14.4. The topological polar surface area (TPSA) is 70.4 Å². The van der Waals surface area contributed by atoms with E-state index in [0.29, 0.717) is 30.6 Å². The van der Waals surface area contributed by atoms with Crippen LogP contribution >= 0.6 is 34.4 Å². The average Bonchev–Trinajstić information content (AvgIpc) is 3.73. The van der Waals surface area contributed by atoms with E-state index in [2.05, 4.69) is 50.3 Å². The molecule has 8 rings (SSSR count). The molecule has 0 aliphatic heterocycles. The van der Waals surface area contributed by atoms with Crippen LogP contribution in [0.1, 0.15) is 84.7 Å². The van der Waals surface area contributed by atoms with Crippen LogP contribution in [0.2, 0.25) is 0 Å². The minimum Gasteiger partial charge on any atom is -0.393 e. The quantitative estimate of drug-likeness (QED) is 0.112. The molecule has 3 aliphatic carbocycles. The van der Waals surface area contributed by atoms with Crippen molar-refractivity contribution in [1.29, 1.82) is 0 Å². The number of rotatable bonds is 5. The smallest absolute Gasteiger partial charge is 0.203 e. The molecule has 5 aromatic rings. The Morgan fingerprint density at radius 2 is 1.80 bits per heavy atom. The molecule has 0 radical (unpaired) electrons. The summed E-state index contributed by atoms with van der Waals surface area (Å²) in [5.74, 6) is 0.612. The predicted molar refractivity (Wildman–Crippen MR) is 189 cm³/mol. The van der Waals surface area contributed by atoms with Gasteiger partial charge in [0.25, 0.3) is 0 Å². The number of aliphatic hydroxyl groups excluding tert-OH is 1. The van der Waals surface area contributed by atoms with Crippen LogP contribution in [0, 0.1) is 5.41 Å². The monoisotopic (exact) mass is 653 g/mol. The second kappa shape index (κ2) is 12.4. The number of carbonyl (C=O) groups excluding carboxylic acids is 1. The third kappa shape index (κ3) is 5.94. The van der Waals surface area contributed by atoms with E-state index in [0.717, 1.165) is 66.3 Å². The average molecular weight is 654 g/mol. The second-order valence-corrected chi connectivity index (χ2v) is 16.5. The van der Waals surface area contributed by atoms with E-state index in [-0.39, 0.29) is 11.7 Å². The summed E-state index contributed by atoms with van der Waals surface area (Å²) >= 11 is 4.89. The van der Waals surface area contributed by atoms with Crippen molar-refractivity contribution in [2.24, 2.45) is 5.41 Å². The summed E-state index contributed by atoms with van der Waals surface area (Å²) in [7, 11) is 0. The van der Waals surface area contributed by atoms with Crippen LogP contribution in [0.15, 0.2) is 88.8 Å². The van der Waals surface area contributed by atoms with Gasteiger partial charge < -0.3 is 10.2 Å². The van der Waals surface area contributed by atoms with Crippen LogP contribution in [-0.4, -0.2) is 38.4 Å². The Labute approximate surface area is 277 Å². The van der Waals surface area contributed by atoms with Crippen LogP contribution in [0.5, 0.6) is 0 Å². The first-order valence-electron chi connectivity index (χ1n) is 15.9. The molecule has 0 amide bonds. The van der Waals surface area contributed by atoms with Crippen molar-refractivity contribution >= 4 is 60.5 Å². The fourth-order valence-corrected chi connectivity index (χ4v) is 10.9. The molecule has 4 atom stereocenters. The highest BCUT2D eigenvalue weighted by Crippen LogP contribution is 2.60.